The molecule has 2 aromatic rings. The molecule has 238 valence electrons. The van der Waals surface area contributed by atoms with Crippen LogP contribution in [0.4, 0.5) is 0 Å². The fourth-order valence-electron chi connectivity index (χ4n) is 5.79. The molecule has 1 aromatic carbocycles. The van der Waals surface area contributed by atoms with Gasteiger partial charge in [-0.1, -0.05) is 83.6 Å². The van der Waals surface area contributed by atoms with Gasteiger partial charge in [0.15, 0.2) is 0 Å². The summed E-state index contributed by atoms with van der Waals surface area (Å²) in [6.07, 6.45) is 8.93. The number of carbonyl (C=O) groups is 3. The average molecular weight is 613 g/mol. The summed E-state index contributed by atoms with van der Waals surface area (Å²) in [4.78, 5) is 47.0. The maximum absolute atomic E-state index is 13.8. The maximum Gasteiger partial charge on any atom is 0.243 e. The molecule has 1 aliphatic heterocycles. The van der Waals surface area contributed by atoms with E-state index in [1.807, 2.05) is 57.5 Å². The van der Waals surface area contributed by atoms with Gasteiger partial charge in [0, 0.05) is 38.3 Å². The highest BCUT2D eigenvalue weighted by Gasteiger charge is 2.44. The SMILES string of the molecule is Cc1ncsc1-c1ccc(CNC(=O)[C@@H]2C[C@@H](O)CN2C(=O)[C@@H](CC(=O)CCCCCCCCCCN)C(C)(C)C)cc1. The lowest BCUT2D eigenvalue weighted by Crippen LogP contribution is -2.50. The van der Waals surface area contributed by atoms with Crippen LogP contribution >= 0.6 is 11.3 Å². The largest absolute Gasteiger partial charge is 0.391 e. The van der Waals surface area contributed by atoms with Crippen molar-refractivity contribution in [3.8, 4) is 10.4 Å². The van der Waals surface area contributed by atoms with E-state index in [0.717, 1.165) is 53.9 Å². The van der Waals surface area contributed by atoms with E-state index in [1.165, 1.54) is 30.6 Å². The van der Waals surface area contributed by atoms with Crippen molar-refractivity contribution >= 4 is 28.9 Å². The Labute approximate surface area is 261 Å². The zero-order chi connectivity index (χ0) is 31.4. The van der Waals surface area contributed by atoms with Gasteiger partial charge >= 0.3 is 0 Å². The molecule has 8 nitrogen and oxygen atoms in total. The van der Waals surface area contributed by atoms with Crippen molar-refractivity contribution in [3.63, 3.8) is 0 Å². The molecule has 1 aromatic heterocycles. The fourth-order valence-corrected chi connectivity index (χ4v) is 6.60. The van der Waals surface area contributed by atoms with E-state index in [0.29, 0.717) is 13.0 Å². The van der Waals surface area contributed by atoms with Gasteiger partial charge in [-0.25, -0.2) is 4.98 Å². The Morgan fingerprint density at radius 1 is 1.05 bits per heavy atom. The number of Topliss-reactive ketones (excluding diaryl/α,β-unsaturated/α-hetero) is 1. The van der Waals surface area contributed by atoms with Crippen molar-refractivity contribution in [2.24, 2.45) is 17.1 Å². The summed E-state index contributed by atoms with van der Waals surface area (Å²) in [6.45, 7) is 9.07. The van der Waals surface area contributed by atoms with Crippen LogP contribution in [0.3, 0.4) is 0 Å². The molecular formula is C34H52N4O4S. The molecule has 2 amide bonds. The van der Waals surface area contributed by atoms with E-state index in [1.54, 1.807) is 11.3 Å². The number of rotatable bonds is 17. The van der Waals surface area contributed by atoms with Gasteiger partial charge < -0.3 is 21.1 Å². The normalized spacial score (nSPS) is 17.7. The first-order valence-corrected chi connectivity index (χ1v) is 16.9. The molecule has 4 N–H and O–H groups in total. The van der Waals surface area contributed by atoms with Crippen LogP contribution in [0.2, 0.25) is 0 Å². The second kappa shape index (κ2) is 17.0. The molecule has 0 saturated carbocycles. The molecular weight excluding hydrogens is 560 g/mol. The highest BCUT2D eigenvalue weighted by atomic mass is 32.1. The first-order chi connectivity index (χ1) is 20.5. The van der Waals surface area contributed by atoms with E-state index in [4.69, 9.17) is 5.73 Å². The van der Waals surface area contributed by atoms with Crippen LogP contribution in [0, 0.1) is 18.3 Å². The van der Waals surface area contributed by atoms with E-state index in [2.05, 4.69) is 10.3 Å². The Bertz CT molecular complexity index is 1170. The number of β-amino-alcohol motifs (C(OH)–C–C–N with tert-alkyl or cyclic N) is 1. The van der Waals surface area contributed by atoms with Crippen LogP contribution in [-0.4, -0.2) is 57.8 Å². The van der Waals surface area contributed by atoms with E-state index < -0.39 is 23.5 Å². The number of ketones is 1. The molecule has 43 heavy (non-hydrogen) atoms. The van der Waals surface area contributed by atoms with Gasteiger partial charge in [0.05, 0.1) is 22.2 Å². The molecule has 0 aliphatic carbocycles. The molecule has 0 unspecified atom stereocenters. The van der Waals surface area contributed by atoms with Crippen molar-refractivity contribution in [1.29, 1.82) is 0 Å². The number of aromatic nitrogens is 1. The molecule has 9 heteroatoms. The van der Waals surface area contributed by atoms with Gasteiger partial charge in [0.2, 0.25) is 11.8 Å². The van der Waals surface area contributed by atoms with Crippen LogP contribution < -0.4 is 11.1 Å². The molecule has 0 bridgehead atoms. The quantitative estimate of drug-likeness (QED) is 0.194. The highest BCUT2D eigenvalue weighted by Crippen LogP contribution is 2.34. The lowest BCUT2D eigenvalue weighted by Gasteiger charge is -2.34. The van der Waals surface area contributed by atoms with Gasteiger partial charge in [-0.15, -0.1) is 11.3 Å². The Kier molecular flexibility index (Phi) is 13.8. The lowest BCUT2D eigenvalue weighted by molar-refractivity contribution is -0.146. The first kappa shape index (κ1) is 34.9. The standard InChI is InChI=1S/C34H52N4O4S/c1-24-31(43-23-37-24)26-16-14-25(15-17-26)21-36-32(41)30-20-28(40)22-38(30)33(42)29(34(2,3)4)19-27(39)13-11-9-7-5-6-8-10-12-18-35/h14-17,23,28-30,40H,5-13,18-22,35H2,1-4H3,(H,36,41)/t28-,29-,30+/m1/s1. The van der Waals surface area contributed by atoms with Crippen LogP contribution in [0.1, 0.15) is 103 Å². The third-order valence-electron chi connectivity index (χ3n) is 8.48. The molecule has 3 atom stereocenters. The number of likely N-dealkylation sites (tertiary alicyclic amines) is 1. The summed E-state index contributed by atoms with van der Waals surface area (Å²) >= 11 is 1.60. The second-order valence-electron chi connectivity index (χ2n) is 13.1. The Morgan fingerprint density at radius 3 is 2.26 bits per heavy atom. The van der Waals surface area contributed by atoms with Gasteiger partial charge in [-0.3, -0.25) is 14.4 Å². The van der Waals surface area contributed by atoms with Crippen LogP contribution in [0.15, 0.2) is 29.8 Å². The minimum absolute atomic E-state index is 0.0916. The average Bonchev–Trinajstić information content (AvgIpc) is 3.58. The number of hydrogen-bond donors (Lipinski definition) is 3. The zero-order valence-electron chi connectivity index (χ0n) is 26.6. The van der Waals surface area contributed by atoms with Crippen LogP contribution in [-0.2, 0) is 20.9 Å². The number of hydrogen-bond acceptors (Lipinski definition) is 7. The summed E-state index contributed by atoms with van der Waals surface area (Å²) in [6, 6.07) is 7.24. The van der Waals surface area contributed by atoms with Crippen molar-refractivity contribution in [2.45, 2.75) is 117 Å². The third-order valence-corrected chi connectivity index (χ3v) is 9.46. The van der Waals surface area contributed by atoms with E-state index in [-0.39, 0.29) is 37.0 Å². The number of amides is 2. The van der Waals surface area contributed by atoms with Gasteiger partial charge in [0.1, 0.15) is 11.8 Å². The molecule has 1 aliphatic rings. The smallest absolute Gasteiger partial charge is 0.243 e. The Hall–Kier alpha value is -2.62. The number of nitrogens with two attached hydrogens (primary N) is 1. The Balaban J connectivity index is 1.52. The van der Waals surface area contributed by atoms with Gasteiger partial charge in [-0.05, 0) is 42.9 Å². The van der Waals surface area contributed by atoms with Crippen molar-refractivity contribution in [3.05, 3.63) is 41.0 Å². The topological polar surface area (TPSA) is 126 Å². The molecule has 2 heterocycles. The fraction of sp³-hybridized carbons (Fsp3) is 0.647. The molecule has 1 fully saturated rings. The predicted octanol–water partition coefficient (Wildman–Crippen LogP) is 5.79. The number of nitrogens with zero attached hydrogens (tertiary/aromatic N) is 2. The van der Waals surface area contributed by atoms with Crippen molar-refractivity contribution in [2.75, 3.05) is 13.1 Å². The first-order valence-electron chi connectivity index (χ1n) is 16.0. The summed E-state index contributed by atoms with van der Waals surface area (Å²) < 4.78 is 0. The third kappa shape index (κ3) is 10.8. The highest BCUT2D eigenvalue weighted by molar-refractivity contribution is 7.13. The number of aliphatic hydroxyl groups is 1. The van der Waals surface area contributed by atoms with Gasteiger partial charge in [0.25, 0.3) is 0 Å². The van der Waals surface area contributed by atoms with Crippen molar-refractivity contribution < 1.29 is 19.5 Å². The second-order valence-corrected chi connectivity index (χ2v) is 14.0. The minimum Gasteiger partial charge on any atom is -0.391 e. The maximum atomic E-state index is 13.8. The summed E-state index contributed by atoms with van der Waals surface area (Å²) in [5, 5.41) is 13.4. The number of unbranched alkanes of at least 4 members (excludes halogenated alkanes) is 7. The molecule has 1 saturated heterocycles. The molecule has 0 radical (unpaired) electrons. The summed E-state index contributed by atoms with van der Waals surface area (Å²) in [5.74, 6) is -0.964. The van der Waals surface area contributed by atoms with Crippen molar-refractivity contribution in [1.82, 2.24) is 15.2 Å². The number of aryl methyl sites for hydroxylation is 1. The minimum atomic E-state index is -0.770. The number of thiazole rings is 1. The van der Waals surface area contributed by atoms with Crippen LogP contribution in [0.5, 0.6) is 0 Å². The monoisotopic (exact) mass is 612 g/mol. The van der Waals surface area contributed by atoms with E-state index >= 15 is 0 Å². The number of carbonyl (C=O) groups excluding carboxylic acids is 3. The number of nitrogens with one attached hydrogen (secondary N) is 1. The zero-order valence-corrected chi connectivity index (χ0v) is 27.4. The molecule has 0 spiro atoms. The Morgan fingerprint density at radius 2 is 1.67 bits per heavy atom. The molecule has 3 rings (SSSR count). The summed E-state index contributed by atoms with van der Waals surface area (Å²) in [7, 11) is 0. The van der Waals surface area contributed by atoms with Crippen LogP contribution in [0.25, 0.3) is 10.4 Å². The number of benzene rings is 1. The van der Waals surface area contributed by atoms with Gasteiger partial charge in [-0.2, -0.15) is 0 Å². The number of aliphatic hydroxyl groups excluding tert-OH is 1. The lowest BCUT2D eigenvalue weighted by atomic mass is 9.76. The predicted molar refractivity (Wildman–Crippen MR) is 173 cm³/mol. The summed E-state index contributed by atoms with van der Waals surface area (Å²) in [5.41, 5.74) is 9.94. The van der Waals surface area contributed by atoms with E-state index in [9.17, 15) is 19.5 Å².